The van der Waals surface area contributed by atoms with Crippen LogP contribution < -0.4 is 10.5 Å². The molecule has 0 bridgehead atoms. The second kappa shape index (κ2) is 7.36. The molecule has 5 rings (SSSR count). The van der Waals surface area contributed by atoms with E-state index in [-0.39, 0.29) is 6.10 Å². The molecule has 30 heavy (non-hydrogen) atoms. The van der Waals surface area contributed by atoms with E-state index in [0.29, 0.717) is 33.2 Å². The summed E-state index contributed by atoms with van der Waals surface area (Å²) in [5.41, 5.74) is 6.79. The first-order valence-corrected chi connectivity index (χ1v) is 10.0. The van der Waals surface area contributed by atoms with E-state index >= 15 is 0 Å². The van der Waals surface area contributed by atoms with Gasteiger partial charge in [-0.15, -0.1) is 0 Å². The topological polar surface area (TPSA) is 136 Å². The molecule has 1 aliphatic carbocycles. The molecule has 3 heterocycles. The second-order valence-corrected chi connectivity index (χ2v) is 8.05. The van der Waals surface area contributed by atoms with Gasteiger partial charge in [0.25, 0.3) is 0 Å². The van der Waals surface area contributed by atoms with Crippen molar-refractivity contribution < 1.29 is 24.8 Å². The number of nitrogens with two attached hydrogens (primary N) is 1. The van der Waals surface area contributed by atoms with Gasteiger partial charge < -0.3 is 35.1 Å². The molecule has 1 saturated carbocycles. The molecule has 2 aromatic heterocycles. The summed E-state index contributed by atoms with van der Waals surface area (Å²) in [7, 11) is 0. The average Bonchev–Trinajstić information content (AvgIpc) is 3.37. The van der Waals surface area contributed by atoms with E-state index < -0.39 is 30.6 Å². The van der Waals surface area contributed by atoms with Gasteiger partial charge in [-0.25, -0.2) is 9.97 Å². The van der Waals surface area contributed by atoms with Crippen molar-refractivity contribution in [2.75, 3.05) is 5.73 Å². The summed E-state index contributed by atoms with van der Waals surface area (Å²) in [4.78, 5) is 8.14. The third kappa shape index (κ3) is 3.28. The molecule has 1 aliphatic heterocycles. The van der Waals surface area contributed by atoms with Crippen LogP contribution in [0.3, 0.4) is 0 Å². The SMILES string of the molecule is Nc1ncnc2c1ccn2[C@@H]1O[C@H]([C@H](O)c2ccc(Cl)c(OC3CC3)c2)[C@@H](O)[C@H]1O. The Morgan fingerprint density at radius 1 is 1.20 bits per heavy atom. The number of benzene rings is 1. The van der Waals surface area contributed by atoms with Crippen LogP contribution >= 0.6 is 11.6 Å². The molecule has 0 amide bonds. The third-order valence-electron chi connectivity index (χ3n) is 5.52. The lowest BCUT2D eigenvalue weighted by molar-refractivity contribution is -0.0848. The number of fused-ring (bicyclic) bond motifs is 1. The van der Waals surface area contributed by atoms with Crippen LogP contribution in [-0.2, 0) is 4.74 Å². The van der Waals surface area contributed by atoms with Crippen molar-refractivity contribution in [3.8, 4) is 5.75 Å². The molecular formula is C20H21ClN4O5. The molecule has 5 N–H and O–H groups in total. The van der Waals surface area contributed by atoms with Crippen molar-refractivity contribution in [1.82, 2.24) is 14.5 Å². The Hall–Kier alpha value is -2.43. The summed E-state index contributed by atoms with van der Waals surface area (Å²) in [5, 5.41) is 33.2. The molecule has 1 aromatic carbocycles. The van der Waals surface area contributed by atoms with E-state index in [2.05, 4.69) is 9.97 Å². The van der Waals surface area contributed by atoms with Crippen molar-refractivity contribution in [3.63, 3.8) is 0 Å². The Morgan fingerprint density at radius 2 is 2.00 bits per heavy atom. The van der Waals surface area contributed by atoms with Crippen LogP contribution in [-0.4, -0.2) is 54.3 Å². The molecule has 5 atom stereocenters. The lowest BCUT2D eigenvalue weighted by Gasteiger charge is -2.22. The predicted octanol–water partition coefficient (Wildman–Crippen LogP) is 1.56. The molecule has 0 unspecified atom stereocenters. The molecule has 0 spiro atoms. The first kappa shape index (κ1) is 19.5. The Kier molecular flexibility index (Phi) is 4.79. The molecule has 3 aromatic rings. The number of ether oxygens (including phenoxy) is 2. The standard InChI is InChI=1S/C20H21ClN4O5/c21-12-4-1-9(7-13(12)29-10-2-3-10)14(26)17-15(27)16(28)20(30-17)25-6-5-11-18(22)23-8-24-19(11)25/h1,4-8,10,14-17,20,26-28H,2-3H2,(H2,22,23,24)/t14-,15+,16-,17-,20-/m1/s1. The zero-order chi connectivity index (χ0) is 21.0. The first-order valence-electron chi connectivity index (χ1n) is 9.67. The largest absolute Gasteiger partial charge is 0.489 e. The van der Waals surface area contributed by atoms with Gasteiger partial charge in [-0.2, -0.15) is 0 Å². The summed E-state index contributed by atoms with van der Waals surface area (Å²) in [6, 6.07) is 6.62. The van der Waals surface area contributed by atoms with Crippen molar-refractivity contribution in [2.45, 2.75) is 49.6 Å². The molecule has 158 valence electrons. The van der Waals surface area contributed by atoms with Crippen LogP contribution in [0, 0.1) is 0 Å². The first-order chi connectivity index (χ1) is 14.4. The van der Waals surface area contributed by atoms with Crippen molar-refractivity contribution in [3.05, 3.63) is 47.4 Å². The minimum atomic E-state index is -1.33. The monoisotopic (exact) mass is 432 g/mol. The Bertz CT molecular complexity index is 1090. The van der Waals surface area contributed by atoms with E-state index in [1.165, 1.54) is 6.33 Å². The van der Waals surface area contributed by atoms with Crippen LogP contribution in [0.4, 0.5) is 5.82 Å². The van der Waals surface area contributed by atoms with Gasteiger partial charge in [0.15, 0.2) is 6.23 Å². The number of hydrogen-bond donors (Lipinski definition) is 4. The number of nitrogen functional groups attached to an aromatic ring is 1. The van der Waals surface area contributed by atoms with Crippen LogP contribution in [0.1, 0.15) is 30.7 Å². The highest BCUT2D eigenvalue weighted by molar-refractivity contribution is 6.32. The number of rotatable bonds is 5. The van der Waals surface area contributed by atoms with Gasteiger partial charge in [0.05, 0.1) is 16.5 Å². The minimum absolute atomic E-state index is 0.144. The summed E-state index contributed by atoms with van der Waals surface area (Å²) in [6.07, 6.45) is -0.803. The summed E-state index contributed by atoms with van der Waals surface area (Å²) >= 11 is 6.19. The average molecular weight is 433 g/mol. The molecule has 10 heteroatoms. The number of aromatic nitrogens is 3. The smallest absolute Gasteiger partial charge is 0.164 e. The van der Waals surface area contributed by atoms with Gasteiger partial charge in [-0.05, 0) is 36.6 Å². The maximum atomic E-state index is 10.9. The highest BCUT2D eigenvalue weighted by Gasteiger charge is 2.47. The number of halogens is 1. The quantitative estimate of drug-likeness (QED) is 0.477. The number of nitrogens with zero attached hydrogens (tertiary/aromatic N) is 3. The molecule has 0 radical (unpaired) electrons. The molecule has 9 nitrogen and oxygen atoms in total. The highest BCUT2D eigenvalue weighted by atomic mass is 35.5. The zero-order valence-corrected chi connectivity index (χ0v) is 16.6. The fraction of sp³-hybridized carbons (Fsp3) is 0.400. The van der Waals surface area contributed by atoms with E-state index in [1.807, 2.05) is 0 Å². The zero-order valence-electron chi connectivity index (χ0n) is 15.8. The Morgan fingerprint density at radius 3 is 2.77 bits per heavy atom. The summed E-state index contributed by atoms with van der Waals surface area (Å²) in [5.74, 6) is 0.775. The maximum absolute atomic E-state index is 10.9. The van der Waals surface area contributed by atoms with Gasteiger partial charge in [0.2, 0.25) is 0 Å². The summed E-state index contributed by atoms with van der Waals surface area (Å²) < 4.78 is 13.2. The fourth-order valence-corrected chi connectivity index (χ4v) is 3.88. The van der Waals surface area contributed by atoms with Crippen LogP contribution in [0.25, 0.3) is 11.0 Å². The van der Waals surface area contributed by atoms with E-state index in [9.17, 15) is 15.3 Å². The van der Waals surface area contributed by atoms with Gasteiger partial charge in [-0.3, -0.25) is 0 Å². The molecule has 2 aliphatic rings. The van der Waals surface area contributed by atoms with E-state index in [4.69, 9.17) is 26.8 Å². The lowest BCUT2D eigenvalue weighted by Crippen LogP contribution is -2.34. The lowest BCUT2D eigenvalue weighted by atomic mass is 9.99. The number of aliphatic hydroxyl groups excluding tert-OH is 3. The van der Waals surface area contributed by atoms with E-state index in [0.717, 1.165) is 12.8 Å². The number of anilines is 1. The summed E-state index contributed by atoms with van der Waals surface area (Å²) in [6.45, 7) is 0. The van der Waals surface area contributed by atoms with Gasteiger partial charge in [0.1, 0.15) is 48.0 Å². The molecule has 1 saturated heterocycles. The van der Waals surface area contributed by atoms with E-state index in [1.54, 1.807) is 35.0 Å². The molecule has 2 fully saturated rings. The molecular weight excluding hydrogens is 412 g/mol. The van der Waals surface area contributed by atoms with Gasteiger partial charge in [-0.1, -0.05) is 17.7 Å². The van der Waals surface area contributed by atoms with Crippen LogP contribution in [0.5, 0.6) is 5.75 Å². The third-order valence-corrected chi connectivity index (χ3v) is 5.83. The normalized spacial score (nSPS) is 27.5. The fourth-order valence-electron chi connectivity index (χ4n) is 3.72. The van der Waals surface area contributed by atoms with Crippen LogP contribution in [0.2, 0.25) is 5.02 Å². The Balaban J connectivity index is 1.42. The van der Waals surface area contributed by atoms with Crippen molar-refractivity contribution >= 4 is 28.5 Å². The number of aliphatic hydroxyl groups is 3. The van der Waals surface area contributed by atoms with Crippen molar-refractivity contribution in [1.29, 1.82) is 0 Å². The minimum Gasteiger partial charge on any atom is -0.489 e. The van der Waals surface area contributed by atoms with Gasteiger partial charge >= 0.3 is 0 Å². The maximum Gasteiger partial charge on any atom is 0.164 e. The van der Waals surface area contributed by atoms with Crippen LogP contribution in [0.15, 0.2) is 36.8 Å². The highest BCUT2D eigenvalue weighted by Crippen LogP contribution is 2.40. The van der Waals surface area contributed by atoms with Crippen molar-refractivity contribution in [2.24, 2.45) is 0 Å². The number of hydrogen-bond acceptors (Lipinski definition) is 8. The second-order valence-electron chi connectivity index (χ2n) is 7.64. The predicted molar refractivity (Wildman–Crippen MR) is 108 cm³/mol. The Labute approximate surface area is 176 Å². The van der Waals surface area contributed by atoms with Gasteiger partial charge in [0, 0.05) is 6.20 Å².